The molecule has 0 aliphatic heterocycles. The van der Waals surface area contributed by atoms with Crippen molar-refractivity contribution in [3.8, 4) is 11.1 Å². The van der Waals surface area contributed by atoms with Crippen LogP contribution in [-0.2, 0) is 4.74 Å². The predicted octanol–water partition coefficient (Wildman–Crippen LogP) is 4.81. The van der Waals surface area contributed by atoms with E-state index in [9.17, 15) is 0 Å². The molecule has 116 valence electrons. The molecule has 1 N–H and O–H groups in total. The minimum atomic E-state index is 0.547. The van der Waals surface area contributed by atoms with Crippen molar-refractivity contribution in [2.75, 3.05) is 19.1 Å². The highest BCUT2D eigenvalue weighted by Crippen LogP contribution is 2.46. The average molecular weight is 313 g/mol. The molecule has 0 spiro atoms. The lowest BCUT2D eigenvalue weighted by molar-refractivity contribution is 0.198. The maximum atomic E-state index is 5.31. The molecular formula is C19H23NOS. The van der Waals surface area contributed by atoms with Crippen LogP contribution in [0.5, 0.6) is 0 Å². The molecule has 2 aromatic rings. The quantitative estimate of drug-likeness (QED) is 0.429. The van der Waals surface area contributed by atoms with Crippen molar-refractivity contribution in [2.45, 2.75) is 25.7 Å². The van der Waals surface area contributed by atoms with E-state index in [1.54, 1.807) is 11.9 Å². The summed E-state index contributed by atoms with van der Waals surface area (Å²) in [5, 5.41) is 0. The van der Waals surface area contributed by atoms with Crippen molar-refractivity contribution in [1.82, 2.24) is 4.72 Å². The summed E-state index contributed by atoms with van der Waals surface area (Å²) in [4.78, 5) is 0. The van der Waals surface area contributed by atoms with Crippen LogP contribution in [0.2, 0.25) is 0 Å². The van der Waals surface area contributed by atoms with Gasteiger partial charge in [-0.2, -0.15) is 0 Å². The summed E-state index contributed by atoms with van der Waals surface area (Å²) in [6, 6.07) is 17.7. The molecule has 2 nitrogen and oxygen atoms in total. The van der Waals surface area contributed by atoms with E-state index in [0.29, 0.717) is 5.92 Å². The third-order valence-corrected chi connectivity index (χ3v) is 4.88. The van der Waals surface area contributed by atoms with Gasteiger partial charge < -0.3 is 4.74 Å². The summed E-state index contributed by atoms with van der Waals surface area (Å²) < 4.78 is 8.69. The molecule has 0 heterocycles. The lowest BCUT2D eigenvalue weighted by Crippen LogP contribution is -2.09. The summed E-state index contributed by atoms with van der Waals surface area (Å²) in [6.07, 6.45) is 2.36. The molecule has 1 aliphatic carbocycles. The summed E-state index contributed by atoms with van der Waals surface area (Å²) in [5.74, 6) is 1.28. The molecule has 0 unspecified atom stereocenters. The minimum Gasteiger partial charge on any atom is -0.370 e. The fraction of sp³-hybridized carbons (Fsp3) is 0.368. The Morgan fingerprint density at radius 2 is 1.64 bits per heavy atom. The van der Waals surface area contributed by atoms with Crippen LogP contribution < -0.4 is 4.72 Å². The summed E-state index contributed by atoms with van der Waals surface area (Å²) in [5.41, 5.74) is 5.82. The van der Waals surface area contributed by atoms with Crippen molar-refractivity contribution in [1.29, 1.82) is 0 Å². The van der Waals surface area contributed by atoms with Crippen LogP contribution in [0.3, 0.4) is 0 Å². The van der Waals surface area contributed by atoms with Gasteiger partial charge in [0.05, 0.1) is 0 Å². The number of hydrogen-bond acceptors (Lipinski definition) is 3. The number of hydrogen-bond donors (Lipinski definition) is 1. The van der Waals surface area contributed by atoms with E-state index in [4.69, 9.17) is 4.74 Å². The average Bonchev–Trinajstić information content (AvgIpc) is 2.89. The molecule has 0 bridgehead atoms. The first kappa shape index (κ1) is 15.6. The number of benzene rings is 2. The fourth-order valence-corrected chi connectivity index (χ4v) is 3.81. The molecule has 0 aromatic heterocycles. The Labute approximate surface area is 137 Å². The van der Waals surface area contributed by atoms with Gasteiger partial charge in [-0.15, -0.1) is 0 Å². The van der Waals surface area contributed by atoms with Gasteiger partial charge in [-0.25, -0.2) is 0 Å². The lowest BCUT2D eigenvalue weighted by Gasteiger charge is -2.13. The fourth-order valence-electron chi connectivity index (χ4n) is 3.19. The zero-order valence-corrected chi connectivity index (χ0v) is 13.9. The number of rotatable bonds is 8. The van der Waals surface area contributed by atoms with Gasteiger partial charge in [0.2, 0.25) is 0 Å². The maximum Gasteiger partial charge on any atom is 0.106 e. The van der Waals surface area contributed by atoms with Crippen LogP contribution in [0.15, 0.2) is 48.5 Å². The molecule has 0 amide bonds. The molecule has 0 fully saturated rings. The smallest absolute Gasteiger partial charge is 0.106 e. The van der Waals surface area contributed by atoms with Gasteiger partial charge in [-0.05, 0) is 42.0 Å². The number of ether oxygens (including phenoxy) is 1. The van der Waals surface area contributed by atoms with Gasteiger partial charge in [-0.1, -0.05) is 60.5 Å². The largest absolute Gasteiger partial charge is 0.370 e. The second kappa shape index (κ2) is 7.82. The summed E-state index contributed by atoms with van der Waals surface area (Å²) >= 11 is 1.66. The molecule has 3 heteroatoms. The first-order valence-electron chi connectivity index (χ1n) is 8.02. The summed E-state index contributed by atoms with van der Waals surface area (Å²) in [6.45, 7) is 3.83. The monoisotopic (exact) mass is 313 g/mol. The Kier molecular flexibility index (Phi) is 5.54. The van der Waals surface area contributed by atoms with E-state index >= 15 is 0 Å². The zero-order valence-electron chi connectivity index (χ0n) is 13.0. The van der Waals surface area contributed by atoms with Crippen molar-refractivity contribution in [3.05, 3.63) is 59.7 Å². The van der Waals surface area contributed by atoms with Gasteiger partial charge in [0.1, 0.15) is 5.94 Å². The molecule has 0 radical (unpaired) electrons. The first-order chi connectivity index (χ1) is 10.9. The number of nitrogens with one attached hydrogen (secondary N) is 1. The molecule has 22 heavy (non-hydrogen) atoms. The van der Waals surface area contributed by atoms with Crippen LogP contribution in [-0.4, -0.2) is 19.1 Å². The van der Waals surface area contributed by atoms with Crippen LogP contribution in [0.1, 0.15) is 36.8 Å². The first-order valence-corrected chi connectivity index (χ1v) is 9.01. The van der Waals surface area contributed by atoms with Crippen LogP contribution >= 0.6 is 11.9 Å². The molecule has 0 saturated heterocycles. The predicted molar refractivity (Wildman–Crippen MR) is 95.0 cm³/mol. The molecule has 1 aliphatic rings. The van der Waals surface area contributed by atoms with Crippen molar-refractivity contribution >= 4 is 11.9 Å². The Morgan fingerprint density at radius 1 is 1.00 bits per heavy atom. The van der Waals surface area contributed by atoms with E-state index in [1.807, 2.05) is 6.92 Å². The van der Waals surface area contributed by atoms with Gasteiger partial charge in [-0.3, -0.25) is 4.72 Å². The van der Waals surface area contributed by atoms with Gasteiger partial charge >= 0.3 is 0 Å². The van der Waals surface area contributed by atoms with Crippen LogP contribution in [0.25, 0.3) is 11.1 Å². The van der Waals surface area contributed by atoms with Crippen molar-refractivity contribution in [3.63, 3.8) is 0 Å². The zero-order chi connectivity index (χ0) is 15.2. The molecule has 0 saturated carbocycles. The maximum absolute atomic E-state index is 5.31. The van der Waals surface area contributed by atoms with E-state index in [1.165, 1.54) is 35.1 Å². The van der Waals surface area contributed by atoms with Gasteiger partial charge in [0, 0.05) is 19.1 Å². The Morgan fingerprint density at radius 3 is 2.27 bits per heavy atom. The second-order valence-electron chi connectivity index (χ2n) is 5.52. The second-order valence-corrected chi connectivity index (χ2v) is 6.33. The highest BCUT2D eigenvalue weighted by Gasteiger charge is 2.27. The molecule has 2 aromatic carbocycles. The van der Waals surface area contributed by atoms with Crippen molar-refractivity contribution < 1.29 is 4.74 Å². The van der Waals surface area contributed by atoms with Gasteiger partial charge in [0.25, 0.3) is 0 Å². The van der Waals surface area contributed by atoms with E-state index in [-0.39, 0.29) is 0 Å². The van der Waals surface area contributed by atoms with Crippen molar-refractivity contribution in [2.24, 2.45) is 0 Å². The molecular weight excluding hydrogens is 290 g/mol. The number of fused-ring (bicyclic) bond motifs is 3. The highest BCUT2D eigenvalue weighted by atomic mass is 32.2. The van der Waals surface area contributed by atoms with E-state index in [0.717, 1.165) is 19.1 Å². The highest BCUT2D eigenvalue weighted by molar-refractivity contribution is 7.97. The normalized spacial score (nSPS) is 13.1. The summed E-state index contributed by atoms with van der Waals surface area (Å²) in [7, 11) is 0. The van der Waals surface area contributed by atoms with E-state index in [2.05, 4.69) is 53.3 Å². The van der Waals surface area contributed by atoms with E-state index < -0.39 is 0 Å². The lowest BCUT2D eigenvalue weighted by atomic mass is 9.92. The standard InChI is InChI=1S/C19H23NOS/c1-2-21-14-22-20-13-7-12-19-17-10-5-3-8-15(17)16-9-4-6-11-18(16)19/h3-6,8-11,19-20H,2,7,12-14H2,1H3. The third kappa shape index (κ3) is 3.37. The molecule has 0 atom stereocenters. The third-order valence-electron chi connectivity index (χ3n) is 4.18. The Balaban J connectivity index is 1.60. The van der Waals surface area contributed by atoms with Gasteiger partial charge in [0.15, 0.2) is 0 Å². The minimum absolute atomic E-state index is 0.547. The van der Waals surface area contributed by atoms with Crippen LogP contribution in [0.4, 0.5) is 0 Å². The SMILES string of the molecule is CCOCSNCCCC1c2ccccc2-c2ccccc21. The van der Waals surface area contributed by atoms with Crippen LogP contribution in [0, 0.1) is 0 Å². The Bertz CT molecular complexity index is 568. The topological polar surface area (TPSA) is 21.3 Å². The Hall–Kier alpha value is -1.29. The molecule has 3 rings (SSSR count).